The lowest BCUT2D eigenvalue weighted by molar-refractivity contribution is -0.115. The number of aryl methyl sites for hydroxylation is 1. The van der Waals surface area contributed by atoms with Gasteiger partial charge in [0.15, 0.2) is 0 Å². The van der Waals surface area contributed by atoms with Crippen LogP contribution in [-0.4, -0.2) is 29.2 Å². The number of hydrogen-bond acceptors (Lipinski definition) is 6. The van der Waals surface area contributed by atoms with Crippen LogP contribution < -0.4 is 5.32 Å². The molecule has 2 aromatic rings. The van der Waals surface area contributed by atoms with Gasteiger partial charge in [0.05, 0.1) is 17.2 Å². The maximum atomic E-state index is 12.4. The molecule has 2 heterocycles. The largest absolute Gasteiger partial charge is 0.462 e. The fraction of sp³-hybridized carbons (Fsp3) is 0.421. The number of fused-ring (bicyclic) bond motifs is 1. The van der Waals surface area contributed by atoms with Gasteiger partial charge < -0.3 is 10.1 Å². The van der Waals surface area contributed by atoms with Gasteiger partial charge in [-0.05, 0) is 50.3 Å². The first kappa shape index (κ1) is 18.9. The number of thioether (sulfide) groups is 1. The first-order valence-electron chi connectivity index (χ1n) is 8.84. The van der Waals surface area contributed by atoms with Gasteiger partial charge in [0.1, 0.15) is 5.00 Å². The van der Waals surface area contributed by atoms with Crippen molar-refractivity contribution in [1.29, 1.82) is 0 Å². The normalized spacial score (nSPS) is 13.1. The summed E-state index contributed by atoms with van der Waals surface area (Å²) in [4.78, 5) is 30.2. The summed E-state index contributed by atoms with van der Waals surface area (Å²) in [6, 6.07) is 5.72. The molecular weight excluding hydrogens is 368 g/mol. The van der Waals surface area contributed by atoms with E-state index in [1.807, 2.05) is 18.2 Å². The number of anilines is 1. The number of rotatable bonds is 7. The van der Waals surface area contributed by atoms with Gasteiger partial charge in [-0.15, -0.1) is 23.1 Å². The highest BCUT2D eigenvalue weighted by atomic mass is 32.2. The zero-order valence-electron chi connectivity index (χ0n) is 14.7. The van der Waals surface area contributed by atoms with E-state index >= 15 is 0 Å². The van der Waals surface area contributed by atoms with Crippen LogP contribution in [0.15, 0.2) is 29.4 Å². The van der Waals surface area contributed by atoms with Gasteiger partial charge in [0.25, 0.3) is 0 Å². The van der Waals surface area contributed by atoms with Crippen LogP contribution in [0.2, 0.25) is 0 Å². The van der Waals surface area contributed by atoms with E-state index in [1.165, 1.54) is 16.2 Å². The SMILES string of the molecule is CCOC(=O)c1c(NC(=O)CCSc2ccccn2)sc2c1CCCC2. The number of thiophene rings is 1. The monoisotopic (exact) mass is 390 g/mol. The molecule has 1 N–H and O–H groups in total. The number of nitrogens with one attached hydrogen (secondary N) is 1. The third-order valence-electron chi connectivity index (χ3n) is 4.12. The minimum Gasteiger partial charge on any atom is -0.462 e. The number of carbonyl (C=O) groups is 2. The van der Waals surface area contributed by atoms with Gasteiger partial charge in [-0.3, -0.25) is 4.79 Å². The molecule has 1 aliphatic rings. The molecule has 3 rings (SSSR count). The topological polar surface area (TPSA) is 68.3 Å². The number of esters is 1. The molecule has 0 unspecified atom stereocenters. The smallest absolute Gasteiger partial charge is 0.341 e. The Kier molecular flexibility index (Phi) is 6.68. The first-order valence-corrected chi connectivity index (χ1v) is 10.6. The highest BCUT2D eigenvalue weighted by Gasteiger charge is 2.27. The summed E-state index contributed by atoms with van der Waals surface area (Å²) in [7, 11) is 0. The molecule has 2 aromatic heterocycles. The van der Waals surface area contributed by atoms with Gasteiger partial charge in [0, 0.05) is 23.2 Å². The van der Waals surface area contributed by atoms with Crippen molar-refractivity contribution < 1.29 is 14.3 Å². The van der Waals surface area contributed by atoms with Crippen LogP contribution >= 0.6 is 23.1 Å². The molecular formula is C19H22N2O3S2. The van der Waals surface area contributed by atoms with E-state index in [-0.39, 0.29) is 11.9 Å². The van der Waals surface area contributed by atoms with Crippen molar-refractivity contribution in [1.82, 2.24) is 4.98 Å². The summed E-state index contributed by atoms with van der Waals surface area (Å²) in [5, 5.41) is 4.48. The summed E-state index contributed by atoms with van der Waals surface area (Å²) >= 11 is 3.07. The van der Waals surface area contributed by atoms with Crippen molar-refractivity contribution in [3.05, 3.63) is 40.4 Å². The molecule has 0 saturated carbocycles. The molecule has 0 saturated heterocycles. The number of carbonyl (C=O) groups excluding carboxylic acids is 2. The number of amides is 1. The molecule has 0 spiro atoms. The molecule has 7 heteroatoms. The average Bonchev–Trinajstić information content (AvgIpc) is 3.00. The molecule has 0 atom stereocenters. The van der Waals surface area contributed by atoms with Crippen LogP contribution in [-0.2, 0) is 22.4 Å². The van der Waals surface area contributed by atoms with E-state index in [1.54, 1.807) is 24.9 Å². The Morgan fingerprint density at radius 1 is 1.31 bits per heavy atom. The number of nitrogens with zero attached hydrogens (tertiary/aromatic N) is 1. The molecule has 138 valence electrons. The number of ether oxygens (including phenoxy) is 1. The highest BCUT2D eigenvalue weighted by Crippen LogP contribution is 2.38. The summed E-state index contributed by atoms with van der Waals surface area (Å²) in [6.45, 7) is 2.13. The lowest BCUT2D eigenvalue weighted by Crippen LogP contribution is -2.16. The fourth-order valence-corrected chi connectivity index (χ4v) is 5.04. The Hall–Kier alpha value is -1.86. The molecule has 0 bridgehead atoms. The molecule has 0 radical (unpaired) electrons. The summed E-state index contributed by atoms with van der Waals surface area (Å²) in [5.41, 5.74) is 1.63. The average molecular weight is 391 g/mol. The Balaban J connectivity index is 1.65. The molecule has 1 aliphatic carbocycles. The summed E-state index contributed by atoms with van der Waals surface area (Å²) < 4.78 is 5.22. The highest BCUT2D eigenvalue weighted by molar-refractivity contribution is 7.99. The van der Waals surface area contributed by atoms with E-state index in [2.05, 4.69) is 10.3 Å². The van der Waals surface area contributed by atoms with Gasteiger partial charge in [-0.25, -0.2) is 9.78 Å². The second-order valence-electron chi connectivity index (χ2n) is 5.95. The quantitative estimate of drug-likeness (QED) is 0.563. The van der Waals surface area contributed by atoms with Crippen molar-refractivity contribution in [2.24, 2.45) is 0 Å². The van der Waals surface area contributed by atoms with Crippen LogP contribution in [0.5, 0.6) is 0 Å². The Morgan fingerprint density at radius 2 is 2.15 bits per heavy atom. The van der Waals surface area contributed by atoms with Crippen molar-refractivity contribution in [2.45, 2.75) is 44.1 Å². The van der Waals surface area contributed by atoms with Crippen molar-refractivity contribution in [2.75, 3.05) is 17.7 Å². The molecule has 1 amide bonds. The minimum absolute atomic E-state index is 0.0856. The van der Waals surface area contributed by atoms with Crippen LogP contribution in [0, 0.1) is 0 Å². The maximum Gasteiger partial charge on any atom is 0.341 e. The minimum atomic E-state index is -0.329. The third-order valence-corrected chi connectivity index (χ3v) is 6.27. The van der Waals surface area contributed by atoms with Crippen LogP contribution in [0.25, 0.3) is 0 Å². The van der Waals surface area contributed by atoms with E-state index < -0.39 is 0 Å². The van der Waals surface area contributed by atoms with E-state index in [0.717, 1.165) is 36.3 Å². The predicted molar refractivity (Wildman–Crippen MR) is 105 cm³/mol. The lowest BCUT2D eigenvalue weighted by atomic mass is 9.95. The van der Waals surface area contributed by atoms with E-state index in [9.17, 15) is 9.59 Å². The zero-order chi connectivity index (χ0) is 18.4. The molecule has 26 heavy (non-hydrogen) atoms. The number of hydrogen-bond donors (Lipinski definition) is 1. The second kappa shape index (κ2) is 9.19. The second-order valence-corrected chi connectivity index (χ2v) is 8.17. The van der Waals surface area contributed by atoms with Crippen LogP contribution in [0.4, 0.5) is 5.00 Å². The third kappa shape index (κ3) is 4.65. The van der Waals surface area contributed by atoms with Crippen molar-refractivity contribution in [3.8, 4) is 0 Å². The molecule has 0 fully saturated rings. The van der Waals surface area contributed by atoms with Gasteiger partial charge in [-0.2, -0.15) is 0 Å². The standard InChI is InChI=1S/C19H22N2O3S2/c1-2-24-19(23)17-13-7-3-4-8-14(13)26-18(17)21-15(22)10-12-25-16-9-5-6-11-20-16/h5-6,9,11H,2-4,7-8,10,12H2,1H3,(H,21,22). The molecule has 0 aromatic carbocycles. The van der Waals surface area contributed by atoms with Gasteiger partial charge >= 0.3 is 5.97 Å². The Bertz CT molecular complexity index is 775. The lowest BCUT2D eigenvalue weighted by Gasteiger charge is -2.12. The molecule has 5 nitrogen and oxygen atoms in total. The summed E-state index contributed by atoms with van der Waals surface area (Å²) in [6.07, 6.45) is 6.16. The van der Waals surface area contributed by atoms with Gasteiger partial charge in [0.2, 0.25) is 5.91 Å². The maximum absolute atomic E-state index is 12.4. The Morgan fingerprint density at radius 3 is 2.92 bits per heavy atom. The van der Waals surface area contributed by atoms with E-state index in [0.29, 0.717) is 29.3 Å². The number of pyridine rings is 1. The predicted octanol–water partition coefficient (Wildman–Crippen LogP) is 4.32. The van der Waals surface area contributed by atoms with E-state index in [4.69, 9.17) is 4.74 Å². The first-order chi connectivity index (χ1) is 12.7. The van der Waals surface area contributed by atoms with Crippen LogP contribution in [0.3, 0.4) is 0 Å². The zero-order valence-corrected chi connectivity index (χ0v) is 16.4. The van der Waals surface area contributed by atoms with Crippen LogP contribution in [0.1, 0.15) is 47.0 Å². The van der Waals surface area contributed by atoms with Crippen molar-refractivity contribution in [3.63, 3.8) is 0 Å². The molecule has 0 aliphatic heterocycles. The Labute approximate surface area is 161 Å². The fourth-order valence-electron chi connectivity index (χ4n) is 2.94. The summed E-state index contributed by atoms with van der Waals surface area (Å²) in [5.74, 6) is 0.227. The number of aromatic nitrogens is 1. The van der Waals surface area contributed by atoms with Crippen molar-refractivity contribution >= 4 is 40.0 Å². The van der Waals surface area contributed by atoms with Gasteiger partial charge in [-0.1, -0.05) is 6.07 Å².